The van der Waals surface area contributed by atoms with Crippen LogP contribution in [0.4, 0.5) is 0 Å². The molecule has 3 rings (SSSR count). The number of halogens is 1. The predicted octanol–water partition coefficient (Wildman–Crippen LogP) is 5.38. The first-order valence-corrected chi connectivity index (χ1v) is 6.75. The van der Waals surface area contributed by atoms with Crippen LogP contribution in [0.5, 0.6) is 5.75 Å². The van der Waals surface area contributed by atoms with Gasteiger partial charge < -0.3 is 5.11 Å². The van der Waals surface area contributed by atoms with Crippen molar-refractivity contribution in [2.45, 2.75) is 0 Å². The van der Waals surface area contributed by atoms with E-state index in [0.29, 0.717) is 0 Å². The van der Waals surface area contributed by atoms with E-state index in [0.717, 1.165) is 27.3 Å². The minimum Gasteiger partial charge on any atom is -0.508 e. The van der Waals surface area contributed by atoms with Gasteiger partial charge in [0.05, 0.1) is 0 Å². The van der Waals surface area contributed by atoms with E-state index in [4.69, 9.17) is 11.6 Å². The third-order valence-corrected chi connectivity index (χ3v) is 3.44. The van der Waals surface area contributed by atoms with Crippen LogP contribution in [0.3, 0.4) is 0 Å². The van der Waals surface area contributed by atoms with E-state index in [-0.39, 0.29) is 5.75 Å². The zero-order valence-corrected chi connectivity index (χ0v) is 11.5. The number of aromatic hydroxyl groups is 1. The van der Waals surface area contributed by atoms with Gasteiger partial charge in [-0.3, -0.25) is 0 Å². The van der Waals surface area contributed by atoms with Gasteiger partial charge in [0.2, 0.25) is 0 Å². The molecule has 98 valence electrons. The minimum atomic E-state index is 0.274. The molecule has 0 heterocycles. The summed E-state index contributed by atoms with van der Waals surface area (Å²) in [6.45, 7) is 0. The highest BCUT2D eigenvalue weighted by Gasteiger charge is 2.03. The Bertz CT molecular complexity index is 689. The van der Waals surface area contributed by atoms with Crippen LogP contribution < -0.4 is 0 Å². The molecular weight excluding hydrogens is 268 g/mol. The van der Waals surface area contributed by atoms with Gasteiger partial charge in [-0.1, -0.05) is 54.1 Å². The molecule has 0 aliphatic rings. The maximum Gasteiger partial charge on any atom is 0.116 e. The molecule has 0 amide bonds. The van der Waals surface area contributed by atoms with Crippen LogP contribution in [0.1, 0.15) is 0 Å². The Morgan fingerprint density at radius 3 is 1.70 bits per heavy atom. The van der Waals surface area contributed by atoms with Crippen molar-refractivity contribution in [3.63, 3.8) is 0 Å². The first kappa shape index (κ1) is 12.8. The third-order valence-electron chi connectivity index (χ3n) is 3.20. The van der Waals surface area contributed by atoms with E-state index in [1.165, 1.54) is 0 Å². The summed E-state index contributed by atoms with van der Waals surface area (Å²) in [6.07, 6.45) is 0. The highest BCUT2D eigenvalue weighted by Crippen LogP contribution is 2.29. The highest BCUT2D eigenvalue weighted by atomic mass is 35.5. The van der Waals surface area contributed by atoms with E-state index in [1.807, 2.05) is 48.5 Å². The van der Waals surface area contributed by atoms with Crippen molar-refractivity contribution in [2.75, 3.05) is 0 Å². The van der Waals surface area contributed by atoms with Gasteiger partial charge >= 0.3 is 0 Å². The average molecular weight is 281 g/mol. The summed E-state index contributed by atoms with van der Waals surface area (Å²) in [6, 6.07) is 23.2. The van der Waals surface area contributed by atoms with E-state index in [1.54, 1.807) is 12.1 Å². The lowest BCUT2D eigenvalue weighted by Crippen LogP contribution is -1.81. The first-order chi connectivity index (χ1) is 9.72. The third kappa shape index (κ3) is 2.68. The van der Waals surface area contributed by atoms with Crippen molar-refractivity contribution in [1.82, 2.24) is 0 Å². The fourth-order valence-corrected chi connectivity index (χ4v) is 2.42. The Balaban J connectivity index is 2.06. The fraction of sp³-hybridized carbons (Fsp3) is 0. The smallest absolute Gasteiger partial charge is 0.116 e. The van der Waals surface area contributed by atoms with Crippen molar-refractivity contribution >= 4 is 11.6 Å². The molecule has 2 heteroatoms. The summed E-state index contributed by atoms with van der Waals surface area (Å²) in [5.74, 6) is 0.274. The topological polar surface area (TPSA) is 20.2 Å². The summed E-state index contributed by atoms with van der Waals surface area (Å²) in [4.78, 5) is 0. The molecule has 0 atom stereocenters. The zero-order valence-electron chi connectivity index (χ0n) is 10.8. The molecule has 0 bridgehead atoms. The standard InChI is InChI=1S/C18H13ClO/c19-17-8-2-6-15(11-17)13-4-1-5-14(10-13)16-7-3-9-18(20)12-16/h1-12,20H. The van der Waals surface area contributed by atoms with Crippen molar-refractivity contribution in [3.05, 3.63) is 77.8 Å². The number of hydrogen-bond acceptors (Lipinski definition) is 1. The first-order valence-electron chi connectivity index (χ1n) is 6.38. The summed E-state index contributed by atoms with van der Waals surface area (Å²) in [7, 11) is 0. The number of rotatable bonds is 2. The van der Waals surface area contributed by atoms with Gasteiger partial charge in [-0.25, -0.2) is 0 Å². The Morgan fingerprint density at radius 2 is 1.10 bits per heavy atom. The van der Waals surface area contributed by atoms with Gasteiger partial charge in [-0.05, 0) is 52.6 Å². The Labute approximate surface area is 123 Å². The largest absolute Gasteiger partial charge is 0.508 e. The van der Waals surface area contributed by atoms with Gasteiger partial charge in [0.25, 0.3) is 0 Å². The van der Waals surface area contributed by atoms with Crippen LogP contribution in [0.25, 0.3) is 22.3 Å². The molecule has 0 aliphatic carbocycles. The molecule has 20 heavy (non-hydrogen) atoms. The van der Waals surface area contributed by atoms with Crippen LogP contribution in [0.15, 0.2) is 72.8 Å². The monoisotopic (exact) mass is 280 g/mol. The van der Waals surface area contributed by atoms with Crippen molar-refractivity contribution < 1.29 is 5.11 Å². The Kier molecular flexibility index (Phi) is 3.44. The van der Waals surface area contributed by atoms with E-state index < -0.39 is 0 Å². The quantitative estimate of drug-likeness (QED) is 0.668. The predicted molar refractivity (Wildman–Crippen MR) is 84.0 cm³/mol. The van der Waals surface area contributed by atoms with Crippen molar-refractivity contribution in [3.8, 4) is 28.0 Å². The van der Waals surface area contributed by atoms with E-state index >= 15 is 0 Å². The number of phenols is 1. The molecule has 3 aromatic carbocycles. The van der Waals surface area contributed by atoms with Gasteiger partial charge in [-0.15, -0.1) is 0 Å². The summed E-state index contributed by atoms with van der Waals surface area (Å²) in [5, 5.41) is 10.3. The molecule has 1 N–H and O–H groups in total. The summed E-state index contributed by atoms with van der Waals surface area (Å²) < 4.78 is 0. The molecule has 0 aliphatic heterocycles. The lowest BCUT2D eigenvalue weighted by atomic mass is 9.99. The SMILES string of the molecule is Oc1cccc(-c2cccc(-c3cccc(Cl)c3)c2)c1. The summed E-state index contributed by atoms with van der Waals surface area (Å²) in [5.41, 5.74) is 4.25. The lowest BCUT2D eigenvalue weighted by molar-refractivity contribution is 0.475. The molecule has 0 saturated carbocycles. The van der Waals surface area contributed by atoms with Gasteiger partial charge in [-0.2, -0.15) is 0 Å². The molecule has 0 aromatic heterocycles. The molecule has 1 nitrogen and oxygen atoms in total. The average Bonchev–Trinajstić information content (AvgIpc) is 2.47. The molecule has 0 unspecified atom stereocenters. The van der Waals surface area contributed by atoms with Gasteiger partial charge in [0.15, 0.2) is 0 Å². The number of benzene rings is 3. The molecule has 0 radical (unpaired) electrons. The lowest BCUT2D eigenvalue weighted by Gasteiger charge is -2.07. The van der Waals surface area contributed by atoms with E-state index in [2.05, 4.69) is 12.1 Å². The number of phenolic OH excluding ortho intramolecular Hbond substituents is 1. The summed E-state index contributed by atoms with van der Waals surface area (Å²) >= 11 is 6.04. The van der Waals surface area contributed by atoms with Crippen LogP contribution >= 0.6 is 11.6 Å². The molecule has 3 aromatic rings. The Hall–Kier alpha value is -2.25. The van der Waals surface area contributed by atoms with Crippen LogP contribution in [0.2, 0.25) is 5.02 Å². The molecule has 0 saturated heterocycles. The van der Waals surface area contributed by atoms with E-state index in [9.17, 15) is 5.11 Å². The maximum atomic E-state index is 9.58. The molecule has 0 fully saturated rings. The van der Waals surface area contributed by atoms with Crippen LogP contribution in [-0.2, 0) is 0 Å². The second kappa shape index (κ2) is 5.40. The van der Waals surface area contributed by atoms with Crippen molar-refractivity contribution in [1.29, 1.82) is 0 Å². The van der Waals surface area contributed by atoms with Crippen LogP contribution in [0, 0.1) is 0 Å². The minimum absolute atomic E-state index is 0.274. The molecule has 0 spiro atoms. The van der Waals surface area contributed by atoms with Gasteiger partial charge in [0.1, 0.15) is 5.75 Å². The van der Waals surface area contributed by atoms with Crippen LogP contribution in [-0.4, -0.2) is 5.11 Å². The zero-order chi connectivity index (χ0) is 13.9. The normalized spacial score (nSPS) is 10.4. The maximum absolute atomic E-state index is 9.58. The second-order valence-electron chi connectivity index (χ2n) is 4.64. The Morgan fingerprint density at radius 1 is 0.600 bits per heavy atom. The molecular formula is C18H13ClO. The van der Waals surface area contributed by atoms with Crippen molar-refractivity contribution in [2.24, 2.45) is 0 Å². The highest BCUT2D eigenvalue weighted by molar-refractivity contribution is 6.30. The van der Waals surface area contributed by atoms with Gasteiger partial charge in [0, 0.05) is 5.02 Å². The fourth-order valence-electron chi connectivity index (χ4n) is 2.23. The number of hydrogen-bond donors (Lipinski definition) is 1. The second-order valence-corrected chi connectivity index (χ2v) is 5.08.